The van der Waals surface area contributed by atoms with Gasteiger partial charge in [-0.05, 0) is 35.4 Å². The molecule has 1 heterocycles. The number of hydrogen-bond acceptors (Lipinski definition) is 3. The second-order valence-corrected chi connectivity index (χ2v) is 4.91. The van der Waals surface area contributed by atoms with E-state index in [0.29, 0.717) is 11.1 Å². The first kappa shape index (κ1) is 17.5. The average molecular weight is 338 g/mol. The molecule has 0 radical (unpaired) electrons. The topological polar surface area (TPSA) is 79.3 Å². The molecule has 2 N–H and O–H groups in total. The third-order valence-corrected chi connectivity index (χ3v) is 3.14. The van der Waals surface area contributed by atoms with Gasteiger partial charge in [-0.3, -0.25) is 14.6 Å². The number of aliphatic carboxylic acids is 1. The van der Waals surface area contributed by atoms with Gasteiger partial charge in [0.2, 0.25) is 0 Å². The number of amides is 1. The van der Waals surface area contributed by atoms with Gasteiger partial charge in [-0.15, -0.1) is 0 Å². The number of nitrogens with one attached hydrogen (secondary N) is 1. The molecule has 0 aliphatic rings. The molecule has 0 spiro atoms. The van der Waals surface area contributed by atoms with Crippen LogP contribution in [0.15, 0.2) is 42.6 Å². The summed E-state index contributed by atoms with van der Waals surface area (Å²) in [6.07, 6.45) is -3.39. The molecular formula is C16H13F3N2O3. The smallest absolute Gasteiger partial charge is 0.416 e. The molecule has 0 saturated carbocycles. The van der Waals surface area contributed by atoms with Crippen molar-refractivity contribution in [1.82, 2.24) is 10.3 Å². The van der Waals surface area contributed by atoms with Gasteiger partial charge < -0.3 is 10.4 Å². The molecule has 0 atom stereocenters. The fourth-order valence-electron chi connectivity index (χ4n) is 1.98. The standard InChI is InChI=1S/C16H13F3N2O3/c17-16(18,19)12-3-1-2-10(8-12)11-4-6-20-13(9-11)15(24)21-7-5-14(22)23/h1-4,6,8-9H,5,7H2,(H,21,24)(H,22,23). The summed E-state index contributed by atoms with van der Waals surface area (Å²) in [5, 5.41) is 10.9. The maximum absolute atomic E-state index is 12.8. The van der Waals surface area contributed by atoms with Crippen LogP contribution in [-0.4, -0.2) is 28.5 Å². The molecule has 24 heavy (non-hydrogen) atoms. The van der Waals surface area contributed by atoms with E-state index in [1.807, 2.05) is 0 Å². The Labute approximate surface area is 135 Å². The summed E-state index contributed by atoms with van der Waals surface area (Å²) in [5.74, 6) is -1.65. The molecule has 1 aromatic carbocycles. The molecule has 8 heteroatoms. The van der Waals surface area contributed by atoms with E-state index in [1.54, 1.807) is 0 Å². The highest BCUT2D eigenvalue weighted by Crippen LogP contribution is 2.32. The number of rotatable bonds is 5. The van der Waals surface area contributed by atoms with Crippen LogP contribution >= 0.6 is 0 Å². The third kappa shape index (κ3) is 4.55. The van der Waals surface area contributed by atoms with Crippen molar-refractivity contribution in [2.24, 2.45) is 0 Å². The molecule has 0 bridgehead atoms. The van der Waals surface area contributed by atoms with E-state index < -0.39 is 23.6 Å². The van der Waals surface area contributed by atoms with E-state index >= 15 is 0 Å². The van der Waals surface area contributed by atoms with Crippen molar-refractivity contribution in [3.05, 3.63) is 53.9 Å². The zero-order valence-corrected chi connectivity index (χ0v) is 12.3. The van der Waals surface area contributed by atoms with E-state index in [1.165, 1.54) is 30.5 Å². The maximum Gasteiger partial charge on any atom is 0.416 e. The Balaban J connectivity index is 2.21. The van der Waals surface area contributed by atoms with Gasteiger partial charge in [0.15, 0.2) is 0 Å². The number of carboxylic acid groups (broad SMARTS) is 1. The monoisotopic (exact) mass is 338 g/mol. The van der Waals surface area contributed by atoms with Gasteiger partial charge in [0, 0.05) is 12.7 Å². The van der Waals surface area contributed by atoms with Gasteiger partial charge in [-0.2, -0.15) is 13.2 Å². The van der Waals surface area contributed by atoms with Gasteiger partial charge in [-0.25, -0.2) is 0 Å². The van der Waals surface area contributed by atoms with Gasteiger partial charge in [0.25, 0.3) is 5.91 Å². The molecule has 0 fully saturated rings. The molecule has 0 saturated heterocycles. The fourth-order valence-corrected chi connectivity index (χ4v) is 1.98. The Morgan fingerprint density at radius 1 is 1.12 bits per heavy atom. The Morgan fingerprint density at radius 3 is 2.50 bits per heavy atom. The molecule has 0 aliphatic carbocycles. The summed E-state index contributed by atoms with van der Waals surface area (Å²) < 4.78 is 38.3. The zero-order chi connectivity index (χ0) is 17.7. The lowest BCUT2D eigenvalue weighted by Crippen LogP contribution is -2.26. The Kier molecular flexibility index (Phi) is 5.18. The average Bonchev–Trinajstić information content (AvgIpc) is 2.54. The van der Waals surface area contributed by atoms with Crippen molar-refractivity contribution in [1.29, 1.82) is 0 Å². The number of nitrogens with zero attached hydrogens (tertiary/aromatic N) is 1. The van der Waals surface area contributed by atoms with Crippen LogP contribution in [-0.2, 0) is 11.0 Å². The largest absolute Gasteiger partial charge is 0.481 e. The number of alkyl halides is 3. The molecule has 1 amide bonds. The maximum atomic E-state index is 12.8. The van der Waals surface area contributed by atoms with Crippen molar-refractivity contribution in [3.63, 3.8) is 0 Å². The van der Waals surface area contributed by atoms with Crippen LogP contribution in [0.4, 0.5) is 13.2 Å². The first-order valence-corrected chi connectivity index (χ1v) is 6.91. The van der Waals surface area contributed by atoms with Gasteiger partial charge in [0.05, 0.1) is 12.0 Å². The Bertz CT molecular complexity index is 760. The number of hydrogen-bond donors (Lipinski definition) is 2. The summed E-state index contributed by atoms with van der Waals surface area (Å²) in [7, 11) is 0. The van der Waals surface area contributed by atoms with Gasteiger partial charge >= 0.3 is 12.1 Å². The van der Waals surface area contributed by atoms with Crippen LogP contribution in [0.3, 0.4) is 0 Å². The highest BCUT2D eigenvalue weighted by Gasteiger charge is 2.30. The summed E-state index contributed by atoms with van der Waals surface area (Å²) in [4.78, 5) is 26.2. The van der Waals surface area contributed by atoms with Crippen LogP contribution in [0.25, 0.3) is 11.1 Å². The SMILES string of the molecule is O=C(O)CCNC(=O)c1cc(-c2cccc(C(F)(F)F)c2)ccn1. The number of halogens is 3. The van der Waals surface area contributed by atoms with Crippen molar-refractivity contribution >= 4 is 11.9 Å². The second-order valence-electron chi connectivity index (χ2n) is 4.91. The minimum atomic E-state index is -4.46. The van der Waals surface area contributed by atoms with Crippen LogP contribution in [0.5, 0.6) is 0 Å². The van der Waals surface area contributed by atoms with Crippen molar-refractivity contribution in [3.8, 4) is 11.1 Å². The first-order valence-electron chi connectivity index (χ1n) is 6.91. The van der Waals surface area contributed by atoms with Crippen molar-refractivity contribution in [2.75, 3.05) is 6.54 Å². The number of pyridine rings is 1. The van der Waals surface area contributed by atoms with Crippen LogP contribution in [0.2, 0.25) is 0 Å². The van der Waals surface area contributed by atoms with Crippen LogP contribution < -0.4 is 5.32 Å². The second kappa shape index (κ2) is 7.12. The van der Waals surface area contributed by atoms with Crippen molar-refractivity contribution < 1.29 is 27.9 Å². The molecule has 0 aliphatic heterocycles. The molecule has 2 aromatic rings. The molecule has 126 valence electrons. The minimum Gasteiger partial charge on any atom is -0.481 e. The van der Waals surface area contributed by atoms with E-state index in [9.17, 15) is 22.8 Å². The molecular weight excluding hydrogens is 325 g/mol. The van der Waals surface area contributed by atoms with E-state index in [2.05, 4.69) is 10.3 Å². The third-order valence-electron chi connectivity index (χ3n) is 3.14. The summed E-state index contributed by atoms with van der Waals surface area (Å²) in [5.41, 5.74) is -0.0918. The summed E-state index contributed by atoms with van der Waals surface area (Å²) in [6.45, 7) is -0.0658. The van der Waals surface area contributed by atoms with Crippen LogP contribution in [0.1, 0.15) is 22.5 Å². The Morgan fingerprint density at radius 2 is 1.83 bits per heavy atom. The van der Waals surface area contributed by atoms with Crippen molar-refractivity contribution in [2.45, 2.75) is 12.6 Å². The number of carbonyl (C=O) groups is 2. The quantitative estimate of drug-likeness (QED) is 0.878. The molecule has 2 rings (SSSR count). The summed E-state index contributed by atoms with van der Waals surface area (Å²) in [6, 6.07) is 7.57. The van der Waals surface area contributed by atoms with E-state index in [-0.39, 0.29) is 18.7 Å². The van der Waals surface area contributed by atoms with Gasteiger partial charge in [0.1, 0.15) is 5.69 Å². The highest BCUT2D eigenvalue weighted by atomic mass is 19.4. The first-order chi connectivity index (χ1) is 11.3. The highest BCUT2D eigenvalue weighted by molar-refractivity contribution is 5.93. The number of benzene rings is 1. The lowest BCUT2D eigenvalue weighted by atomic mass is 10.0. The zero-order valence-electron chi connectivity index (χ0n) is 12.3. The predicted octanol–water partition coefficient (Wildman–Crippen LogP) is 2.97. The predicted molar refractivity (Wildman–Crippen MR) is 79.3 cm³/mol. The molecule has 5 nitrogen and oxygen atoms in total. The minimum absolute atomic E-state index is 0.00435. The van der Waals surface area contributed by atoms with Gasteiger partial charge in [-0.1, -0.05) is 12.1 Å². The van der Waals surface area contributed by atoms with Crippen LogP contribution in [0, 0.1) is 0 Å². The molecule has 1 aromatic heterocycles. The van der Waals surface area contributed by atoms with E-state index in [4.69, 9.17) is 5.11 Å². The van der Waals surface area contributed by atoms with E-state index in [0.717, 1.165) is 12.1 Å². The Hall–Kier alpha value is -2.90. The summed E-state index contributed by atoms with van der Waals surface area (Å²) >= 11 is 0. The lowest BCUT2D eigenvalue weighted by Gasteiger charge is -2.09. The number of carbonyl (C=O) groups excluding carboxylic acids is 1. The fraction of sp³-hybridized carbons (Fsp3) is 0.188. The molecule has 0 unspecified atom stereocenters. The lowest BCUT2D eigenvalue weighted by molar-refractivity contribution is -0.138. The number of carboxylic acids is 1. The normalized spacial score (nSPS) is 11.1. The number of aromatic nitrogens is 1.